The van der Waals surface area contributed by atoms with Crippen molar-refractivity contribution in [3.63, 3.8) is 0 Å². The summed E-state index contributed by atoms with van der Waals surface area (Å²) in [5.74, 6) is 2.01. The molecular formula is C13H18N2O5. The molecule has 0 spiro atoms. The second kappa shape index (κ2) is 6.85. The van der Waals surface area contributed by atoms with E-state index in [2.05, 4.69) is 10.6 Å². The Morgan fingerprint density at radius 1 is 1.40 bits per heavy atom. The van der Waals surface area contributed by atoms with Crippen molar-refractivity contribution < 1.29 is 24.1 Å². The van der Waals surface area contributed by atoms with Gasteiger partial charge in [-0.25, -0.2) is 4.79 Å². The van der Waals surface area contributed by atoms with Gasteiger partial charge >= 0.3 is 6.03 Å². The lowest BCUT2D eigenvalue weighted by molar-refractivity contribution is 0.173. The highest BCUT2D eigenvalue weighted by atomic mass is 16.7. The van der Waals surface area contributed by atoms with Gasteiger partial charge in [-0.1, -0.05) is 0 Å². The van der Waals surface area contributed by atoms with E-state index >= 15 is 0 Å². The van der Waals surface area contributed by atoms with Crippen LogP contribution in [0.1, 0.15) is 6.92 Å². The van der Waals surface area contributed by atoms with Crippen molar-refractivity contribution >= 4 is 6.03 Å². The predicted octanol–water partition coefficient (Wildman–Crippen LogP) is 0.474. The van der Waals surface area contributed by atoms with E-state index < -0.39 is 6.10 Å². The van der Waals surface area contributed by atoms with Gasteiger partial charge in [0.05, 0.1) is 12.6 Å². The fourth-order valence-electron chi connectivity index (χ4n) is 1.60. The van der Waals surface area contributed by atoms with Gasteiger partial charge < -0.3 is 30.0 Å². The van der Waals surface area contributed by atoms with E-state index in [4.69, 9.17) is 19.3 Å². The van der Waals surface area contributed by atoms with Gasteiger partial charge in [0.15, 0.2) is 11.5 Å². The molecule has 0 radical (unpaired) electrons. The Hall–Kier alpha value is -2.15. The number of aliphatic hydroxyl groups excluding tert-OH is 1. The highest BCUT2D eigenvalue weighted by Gasteiger charge is 2.13. The number of hydrogen-bond acceptors (Lipinski definition) is 5. The molecule has 3 N–H and O–H groups in total. The molecule has 20 heavy (non-hydrogen) atoms. The first kappa shape index (κ1) is 14.3. The number of benzene rings is 1. The normalized spacial score (nSPS) is 13.7. The lowest BCUT2D eigenvalue weighted by Gasteiger charge is -2.10. The zero-order valence-electron chi connectivity index (χ0n) is 11.2. The molecule has 0 saturated heterocycles. The molecule has 0 unspecified atom stereocenters. The van der Waals surface area contributed by atoms with Gasteiger partial charge in [-0.3, -0.25) is 0 Å². The lowest BCUT2D eigenvalue weighted by atomic mass is 10.3. The second-order valence-electron chi connectivity index (χ2n) is 4.35. The fourth-order valence-corrected chi connectivity index (χ4v) is 1.60. The van der Waals surface area contributed by atoms with Crippen molar-refractivity contribution in [2.75, 3.05) is 26.5 Å². The number of nitrogens with one attached hydrogen (secondary N) is 2. The summed E-state index contributed by atoms with van der Waals surface area (Å²) in [4.78, 5) is 11.3. The molecule has 0 fully saturated rings. The summed E-state index contributed by atoms with van der Waals surface area (Å²) < 4.78 is 15.9. The van der Waals surface area contributed by atoms with Crippen molar-refractivity contribution in [3.05, 3.63) is 18.2 Å². The van der Waals surface area contributed by atoms with Gasteiger partial charge in [-0.15, -0.1) is 0 Å². The SMILES string of the molecule is C[C@@H](O)CNC(=O)NCCOc1ccc2c(c1)OCO2. The van der Waals surface area contributed by atoms with Crippen LogP contribution in [0.25, 0.3) is 0 Å². The topological polar surface area (TPSA) is 89.1 Å². The largest absolute Gasteiger partial charge is 0.492 e. The Morgan fingerprint density at radius 2 is 2.20 bits per heavy atom. The van der Waals surface area contributed by atoms with Crippen LogP contribution >= 0.6 is 0 Å². The maximum absolute atomic E-state index is 11.3. The molecule has 1 atom stereocenters. The van der Waals surface area contributed by atoms with Crippen LogP contribution in [0.15, 0.2) is 18.2 Å². The van der Waals surface area contributed by atoms with Gasteiger partial charge in [0, 0.05) is 12.6 Å². The van der Waals surface area contributed by atoms with Gasteiger partial charge in [-0.05, 0) is 19.1 Å². The van der Waals surface area contributed by atoms with E-state index in [1.807, 2.05) is 0 Å². The van der Waals surface area contributed by atoms with E-state index in [9.17, 15) is 4.79 Å². The van der Waals surface area contributed by atoms with E-state index in [0.717, 1.165) is 0 Å². The molecule has 7 nitrogen and oxygen atoms in total. The molecule has 0 aromatic heterocycles. The number of fused-ring (bicyclic) bond motifs is 1. The summed E-state index contributed by atoms with van der Waals surface area (Å²) in [5.41, 5.74) is 0. The number of urea groups is 1. The van der Waals surface area contributed by atoms with Crippen LogP contribution < -0.4 is 24.8 Å². The van der Waals surface area contributed by atoms with Crippen LogP contribution in [0.3, 0.4) is 0 Å². The van der Waals surface area contributed by atoms with Crippen LogP contribution in [0.2, 0.25) is 0 Å². The molecule has 1 aliphatic heterocycles. The molecule has 2 rings (SSSR count). The molecule has 0 saturated carbocycles. The van der Waals surface area contributed by atoms with Crippen molar-refractivity contribution in [1.29, 1.82) is 0 Å². The van der Waals surface area contributed by atoms with Crippen LogP contribution in [-0.4, -0.2) is 43.7 Å². The molecule has 110 valence electrons. The second-order valence-corrected chi connectivity index (χ2v) is 4.35. The summed E-state index contributed by atoms with van der Waals surface area (Å²) >= 11 is 0. The minimum atomic E-state index is -0.564. The van der Waals surface area contributed by atoms with Gasteiger partial charge in [0.25, 0.3) is 0 Å². The monoisotopic (exact) mass is 282 g/mol. The summed E-state index contributed by atoms with van der Waals surface area (Å²) in [6.07, 6.45) is -0.564. The molecular weight excluding hydrogens is 264 g/mol. The summed E-state index contributed by atoms with van der Waals surface area (Å²) in [5, 5.41) is 14.2. The Morgan fingerprint density at radius 3 is 3.00 bits per heavy atom. The molecule has 1 heterocycles. The van der Waals surface area contributed by atoms with Crippen molar-refractivity contribution in [3.8, 4) is 17.2 Å². The third-order valence-electron chi connectivity index (χ3n) is 2.56. The number of hydrogen-bond donors (Lipinski definition) is 3. The molecule has 1 aromatic rings. The summed E-state index contributed by atoms with van der Waals surface area (Å²) in [6.45, 7) is 2.74. The van der Waals surface area contributed by atoms with Crippen molar-refractivity contribution in [1.82, 2.24) is 10.6 Å². The Labute approximate surface area is 116 Å². The van der Waals surface area contributed by atoms with Crippen molar-refractivity contribution in [2.45, 2.75) is 13.0 Å². The van der Waals surface area contributed by atoms with Crippen molar-refractivity contribution in [2.24, 2.45) is 0 Å². The summed E-state index contributed by atoms with van der Waals surface area (Å²) in [6, 6.07) is 4.97. The van der Waals surface area contributed by atoms with E-state index in [1.165, 1.54) is 0 Å². The van der Waals surface area contributed by atoms with Crippen LogP contribution in [-0.2, 0) is 0 Å². The highest BCUT2D eigenvalue weighted by molar-refractivity contribution is 5.73. The minimum absolute atomic E-state index is 0.217. The molecule has 2 amide bonds. The zero-order chi connectivity index (χ0) is 14.4. The Kier molecular flexibility index (Phi) is 4.89. The smallest absolute Gasteiger partial charge is 0.314 e. The first-order valence-corrected chi connectivity index (χ1v) is 6.37. The average molecular weight is 282 g/mol. The Balaban J connectivity index is 1.65. The Bertz CT molecular complexity index is 464. The van der Waals surface area contributed by atoms with Crippen LogP contribution in [0.4, 0.5) is 4.79 Å². The number of rotatable bonds is 6. The first-order chi connectivity index (χ1) is 9.65. The number of carbonyl (C=O) groups excluding carboxylic acids is 1. The minimum Gasteiger partial charge on any atom is -0.492 e. The first-order valence-electron chi connectivity index (χ1n) is 6.37. The maximum Gasteiger partial charge on any atom is 0.314 e. The third kappa shape index (κ3) is 4.20. The average Bonchev–Trinajstić information content (AvgIpc) is 2.88. The number of aliphatic hydroxyl groups is 1. The van der Waals surface area contributed by atoms with E-state index in [-0.39, 0.29) is 19.4 Å². The third-order valence-corrected chi connectivity index (χ3v) is 2.56. The molecule has 7 heteroatoms. The molecule has 0 aliphatic carbocycles. The van der Waals surface area contributed by atoms with Crippen LogP contribution in [0, 0.1) is 0 Å². The standard InChI is InChI=1S/C13H18N2O5/c1-9(16)7-15-13(17)14-4-5-18-10-2-3-11-12(6-10)20-8-19-11/h2-3,6,9,16H,4-5,7-8H2,1H3,(H2,14,15,17)/t9-/m1/s1. The van der Waals surface area contributed by atoms with Crippen LogP contribution in [0.5, 0.6) is 17.2 Å². The van der Waals surface area contributed by atoms with Gasteiger partial charge in [-0.2, -0.15) is 0 Å². The predicted molar refractivity (Wildman–Crippen MR) is 71.1 cm³/mol. The number of amides is 2. The fraction of sp³-hybridized carbons (Fsp3) is 0.462. The molecule has 0 bridgehead atoms. The van der Waals surface area contributed by atoms with Gasteiger partial charge in [0.1, 0.15) is 12.4 Å². The van der Waals surface area contributed by atoms with E-state index in [1.54, 1.807) is 25.1 Å². The lowest BCUT2D eigenvalue weighted by Crippen LogP contribution is -2.40. The number of ether oxygens (including phenoxy) is 3. The molecule has 1 aromatic carbocycles. The quantitative estimate of drug-likeness (QED) is 0.660. The summed E-state index contributed by atoms with van der Waals surface area (Å²) in [7, 11) is 0. The van der Waals surface area contributed by atoms with Gasteiger partial charge in [0.2, 0.25) is 6.79 Å². The molecule has 1 aliphatic rings. The highest BCUT2D eigenvalue weighted by Crippen LogP contribution is 2.34. The van der Waals surface area contributed by atoms with E-state index in [0.29, 0.717) is 30.4 Å². The zero-order valence-corrected chi connectivity index (χ0v) is 11.2. The maximum atomic E-state index is 11.3. The number of carbonyl (C=O) groups is 1.